The Bertz CT molecular complexity index is 1390. The molecule has 3 aromatic rings. The summed E-state index contributed by atoms with van der Waals surface area (Å²) in [6.45, 7) is 4.21. The number of carbonyl (C=O) groups excluding carboxylic acids is 3. The van der Waals surface area contributed by atoms with E-state index in [1.807, 2.05) is 50.2 Å². The van der Waals surface area contributed by atoms with Gasteiger partial charge < -0.3 is 4.74 Å². The molecule has 1 aliphatic rings. The zero-order valence-corrected chi connectivity index (χ0v) is 22.2. The third kappa shape index (κ3) is 5.22. The molecule has 0 radical (unpaired) electrons. The van der Waals surface area contributed by atoms with Gasteiger partial charge in [-0.1, -0.05) is 70.9 Å². The molecule has 1 N–H and O–H groups in total. The molecule has 0 unspecified atom stereocenters. The predicted molar refractivity (Wildman–Crippen MR) is 144 cm³/mol. The van der Waals surface area contributed by atoms with E-state index in [0.29, 0.717) is 41.5 Å². The van der Waals surface area contributed by atoms with Gasteiger partial charge in [-0.05, 0) is 60.4 Å². The zero-order chi connectivity index (χ0) is 25.8. The number of carbonyl (C=O) groups is 3. The quantitative estimate of drug-likeness (QED) is 0.268. The summed E-state index contributed by atoms with van der Waals surface area (Å²) in [5, 5.41) is 2.72. The number of rotatable bonds is 7. The number of imide groups is 2. The molecule has 36 heavy (non-hydrogen) atoms. The molecule has 4 amide bonds. The topological polar surface area (TPSA) is 75.7 Å². The number of aryl methyl sites for hydroxylation is 1. The molecule has 0 saturated carbocycles. The number of barbiturate groups is 1. The van der Waals surface area contributed by atoms with Crippen molar-refractivity contribution >= 4 is 57.1 Å². The van der Waals surface area contributed by atoms with Crippen molar-refractivity contribution < 1.29 is 19.1 Å². The first-order chi connectivity index (χ1) is 17.3. The fourth-order valence-electron chi connectivity index (χ4n) is 4.07. The molecule has 8 heteroatoms. The third-order valence-corrected chi connectivity index (χ3v) is 6.94. The summed E-state index contributed by atoms with van der Waals surface area (Å²) in [5.41, 5.74) is 3.43. The molecule has 0 bridgehead atoms. The minimum Gasteiger partial charge on any atom is -0.494 e. The maximum Gasteiger partial charge on any atom is 0.335 e. The van der Waals surface area contributed by atoms with Gasteiger partial charge in [-0.25, -0.2) is 9.69 Å². The van der Waals surface area contributed by atoms with E-state index in [4.69, 9.17) is 16.3 Å². The molecule has 184 valence electrons. The lowest BCUT2D eigenvalue weighted by Gasteiger charge is -2.28. The fourth-order valence-corrected chi connectivity index (χ4v) is 4.78. The Balaban J connectivity index is 1.74. The molecule has 4 rings (SSSR count). The average molecular weight is 568 g/mol. The number of benzene rings is 3. The van der Waals surface area contributed by atoms with Crippen LogP contribution in [0.15, 0.2) is 70.7 Å². The molecule has 1 saturated heterocycles. The van der Waals surface area contributed by atoms with Crippen molar-refractivity contribution in [3.63, 3.8) is 0 Å². The molecule has 0 aromatic heterocycles. The first kappa shape index (κ1) is 25.7. The molecule has 3 aromatic carbocycles. The number of para-hydroxylation sites is 1. The van der Waals surface area contributed by atoms with Crippen LogP contribution in [0.5, 0.6) is 5.75 Å². The molecule has 0 aliphatic carbocycles. The number of urea groups is 1. The molecule has 1 aliphatic heterocycles. The first-order valence-electron chi connectivity index (χ1n) is 11.5. The van der Waals surface area contributed by atoms with Crippen molar-refractivity contribution in [3.8, 4) is 5.75 Å². The van der Waals surface area contributed by atoms with Gasteiger partial charge in [0.2, 0.25) is 0 Å². The van der Waals surface area contributed by atoms with Crippen LogP contribution in [-0.2, 0) is 22.4 Å². The van der Waals surface area contributed by atoms with Gasteiger partial charge >= 0.3 is 6.03 Å². The van der Waals surface area contributed by atoms with Gasteiger partial charge in [-0.2, -0.15) is 0 Å². The van der Waals surface area contributed by atoms with Gasteiger partial charge in [0.25, 0.3) is 11.8 Å². The summed E-state index contributed by atoms with van der Waals surface area (Å²) in [4.78, 5) is 39.7. The highest BCUT2D eigenvalue weighted by atomic mass is 79.9. The molecule has 1 fully saturated rings. The molecular formula is C28H24BrClN2O4. The lowest BCUT2D eigenvalue weighted by molar-refractivity contribution is -0.122. The van der Waals surface area contributed by atoms with Crippen molar-refractivity contribution in [2.24, 2.45) is 0 Å². The Hall–Kier alpha value is -3.42. The number of ether oxygens (including phenoxy) is 1. The third-order valence-electron chi connectivity index (χ3n) is 5.83. The SMILES string of the molecule is CCOc1cc(/C=C2/C(=O)NC(=O)N(c3ccccc3CC)C2=O)cc(Cl)c1Cc1ccccc1Br. The Morgan fingerprint density at radius 1 is 1.00 bits per heavy atom. The van der Waals surface area contributed by atoms with E-state index in [1.54, 1.807) is 24.3 Å². The van der Waals surface area contributed by atoms with E-state index < -0.39 is 17.8 Å². The van der Waals surface area contributed by atoms with Crippen LogP contribution >= 0.6 is 27.5 Å². The standard InChI is InChI=1S/C28H24BrClN2O4/c1-3-18-9-6-8-12-24(18)32-27(34)21(26(33)31-28(32)35)13-17-14-23(30)20(25(15-17)36-4-2)16-19-10-5-7-11-22(19)29/h5-15H,3-4,16H2,1-2H3,(H,31,33,35)/b21-13-. The normalized spacial score (nSPS) is 14.8. The molecule has 1 heterocycles. The smallest absolute Gasteiger partial charge is 0.335 e. The van der Waals surface area contributed by atoms with Gasteiger partial charge in [0, 0.05) is 21.5 Å². The highest BCUT2D eigenvalue weighted by Crippen LogP contribution is 2.34. The second kappa shape index (κ2) is 11.1. The van der Waals surface area contributed by atoms with E-state index in [9.17, 15) is 14.4 Å². The van der Waals surface area contributed by atoms with Crippen LogP contribution in [0, 0.1) is 0 Å². The van der Waals surface area contributed by atoms with Crippen molar-refractivity contribution in [1.82, 2.24) is 5.32 Å². The minimum absolute atomic E-state index is 0.169. The monoisotopic (exact) mass is 566 g/mol. The van der Waals surface area contributed by atoms with Gasteiger partial charge in [0.1, 0.15) is 11.3 Å². The number of nitrogens with one attached hydrogen (secondary N) is 1. The lowest BCUT2D eigenvalue weighted by atomic mass is 10.00. The van der Waals surface area contributed by atoms with Crippen LogP contribution < -0.4 is 15.0 Å². The highest BCUT2D eigenvalue weighted by molar-refractivity contribution is 9.10. The highest BCUT2D eigenvalue weighted by Gasteiger charge is 2.37. The summed E-state index contributed by atoms with van der Waals surface area (Å²) >= 11 is 10.2. The van der Waals surface area contributed by atoms with Crippen LogP contribution in [0.1, 0.15) is 36.1 Å². The zero-order valence-electron chi connectivity index (χ0n) is 19.8. The number of halogens is 2. The molecule has 0 atom stereocenters. The maximum atomic E-state index is 13.4. The van der Waals surface area contributed by atoms with Crippen LogP contribution in [-0.4, -0.2) is 24.5 Å². The number of hydrogen-bond donors (Lipinski definition) is 1. The van der Waals surface area contributed by atoms with Crippen LogP contribution in [0.25, 0.3) is 6.08 Å². The van der Waals surface area contributed by atoms with Crippen LogP contribution in [0.2, 0.25) is 5.02 Å². The first-order valence-corrected chi connectivity index (χ1v) is 12.7. The summed E-state index contributed by atoms with van der Waals surface area (Å²) in [5.74, 6) is -0.904. The number of nitrogens with zero attached hydrogens (tertiary/aromatic N) is 1. The van der Waals surface area contributed by atoms with Gasteiger partial charge in [0.05, 0.1) is 12.3 Å². The van der Waals surface area contributed by atoms with Gasteiger partial charge in [0.15, 0.2) is 0 Å². The van der Waals surface area contributed by atoms with Crippen LogP contribution in [0.4, 0.5) is 10.5 Å². The van der Waals surface area contributed by atoms with E-state index in [0.717, 1.165) is 26.1 Å². The molecular weight excluding hydrogens is 544 g/mol. The lowest BCUT2D eigenvalue weighted by Crippen LogP contribution is -2.54. The van der Waals surface area contributed by atoms with Crippen LogP contribution in [0.3, 0.4) is 0 Å². The Morgan fingerprint density at radius 3 is 2.39 bits per heavy atom. The van der Waals surface area contributed by atoms with Crippen molar-refractivity contribution in [3.05, 3.63) is 98.0 Å². The summed E-state index contributed by atoms with van der Waals surface area (Å²) in [6.07, 6.45) is 2.58. The number of amides is 4. The summed E-state index contributed by atoms with van der Waals surface area (Å²) in [7, 11) is 0. The minimum atomic E-state index is -0.778. The average Bonchev–Trinajstić information content (AvgIpc) is 2.85. The largest absolute Gasteiger partial charge is 0.494 e. The number of hydrogen-bond acceptors (Lipinski definition) is 4. The number of anilines is 1. The van der Waals surface area contributed by atoms with E-state index in [2.05, 4.69) is 21.2 Å². The van der Waals surface area contributed by atoms with E-state index >= 15 is 0 Å². The fraction of sp³-hybridized carbons (Fsp3) is 0.179. The second-order valence-corrected chi connectivity index (χ2v) is 9.38. The Morgan fingerprint density at radius 2 is 1.69 bits per heavy atom. The summed E-state index contributed by atoms with van der Waals surface area (Å²) < 4.78 is 6.83. The molecule has 0 spiro atoms. The second-order valence-electron chi connectivity index (χ2n) is 8.12. The van der Waals surface area contributed by atoms with Gasteiger partial charge in [-0.15, -0.1) is 0 Å². The van der Waals surface area contributed by atoms with E-state index in [1.165, 1.54) is 6.08 Å². The van der Waals surface area contributed by atoms with Crippen molar-refractivity contribution in [2.75, 3.05) is 11.5 Å². The van der Waals surface area contributed by atoms with Crippen molar-refractivity contribution in [1.29, 1.82) is 0 Å². The molecule has 6 nitrogen and oxygen atoms in total. The van der Waals surface area contributed by atoms with Crippen molar-refractivity contribution in [2.45, 2.75) is 26.7 Å². The van der Waals surface area contributed by atoms with Gasteiger partial charge in [-0.3, -0.25) is 14.9 Å². The van der Waals surface area contributed by atoms with E-state index in [-0.39, 0.29) is 5.57 Å². The summed E-state index contributed by atoms with van der Waals surface area (Å²) in [6, 6.07) is 17.6. The Kier molecular flexibility index (Phi) is 7.91. The maximum absolute atomic E-state index is 13.4. The predicted octanol–water partition coefficient (Wildman–Crippen LogP) is 6.32. The Labute approximate surface area is 223 Å².